The predicted octanol–water partition coefficient (Wildman–Crippen LogP) is 0.839. The molecule has 0 unspecified atom stereocenters. The summed E-state index contributed by atoms with van der Waals surface area (Å²) in [4.78, 5) is 0. The van der Waals surface area contributed by atoms with Crippen molar-refractivity contribution in [2.45, 2.75) is 13.0 Å². The first-order valence-corrected chi connectivity index (χ1v) is 5.04. The van der Waals surface area contributed by atoms with Crippen LogP contribution < -0.4 is 15.8 Å². The van der Waals surface area contributed by atoms with Gasteiger partial charge in [-0.2, -0.15) is 0 Å². The number of hydrogen-bond acceptors (Lipinski definition) is 4. The van der Waals surface area contributed by atoms with Crippen molar-refractivity contribution in [1.29, 1.82) is 0 Å². The van der Waals surface area contributed by atoms with Gasteiger partial charge in [0.1, 0.15) is 0 Å². The highest BCUT2D eigenvalue weighted by molar-refractivity contribution is 5.41. The molecular weight excluding hydrogens is 192 g/mol. The number of aromatic hydroxyl groups is 1. The van der Waals surface area contributed by atoms with Crippen molar-refractivity contribution in [3.05, 3.63) is 23.8 Å². The molecule has 0 aliphatic carbocycles. The van der Waals surface area contributed by atoms with Gasteiger partial charge < -0.3 is 20.9 Å². The van der Waals surface area contributed by atoms with Gasteiger partial charge in [0.2, 0.25) is 0 Å². The minimum atomic E-state index is 0.177. The molecule has 0 bridgehead atoms. The zero-order valence-corrected chi connectivity index (χ0v) is 8.99. The van der Waals surface area contributed by atoms with Crippen LogP contribution >= 0.6 is 0 Å². The molecular formula is C11H18N2O2. The van der Waals surface area contributed by atoms with Crippen molar-refractivity contribution in [1.82, 2.24) is 5.32 Å². The Morgan fingerprint density at radius 3 is 2.87 bits per heavy atom. The second-order valence-corrected chi connectivity index (χ2v) is 3.33. The third-order valence-electron chi connectivity index (χ3n) is 2.13. The van der Waals surface area contributed by atoms with Crippen molar-refractivity contribution in [3.8, 4) is 11.5 Å². The van der Waals surface area contributed by atoms with E-state index in [2.05, 4.69) is 5.32 Å². The lowest BCUT2D eigenvalue weighted by atomic mass is 10.2. The van der Waals surface area contributed by atoms with Gasteiger partial charge in [0.15, 0.2) is 11.5 Å². The van der Waals surface area contributed by atoms with Crippen LogP contribution in [0.15, 0.2) is 18.2 Å². The molecule has 0 aliphatic heterocycles. The molecule has 0 aliphatic rings. The second-order valence-electron chi connectivity index (χ2n) is 3.33. The Balaban J connectivity index is 2.45. The molecule has 0 atom stereocenters. The van der Waals surface area contributed by atoms with E-state index in [1.807, 2.05) is 6.07 Å². The summed E-state index contributed by atoms with van der Waals surface area (Å²) < 4.78 is 4.96. The Labute approximate surface area is 90.1 Å². The normalized spacial score (nSPS) is 10.3. The summed E-state index contributed by atoms with van der Waals surface area (Å²) in [6.45, 7) is 2.32. The molecule has 84 valence electrons. The van der Waals surface area contributed by atoms with Gasteiger partial charge in [-0.3, -0.25) is 0 Å². The van der Waals surface area contributed by atoms with E-state index >= 15 is 0 Å². The quantitative estimate of drug-likeness (QED) is 0.609. The van der Waals surface area contributed by atoms with Gasteiger partial charge in [0.05, 0.1) is 7.11 Å². The number of hydrogen-bond donors (Lipinski definition) is 3. The van der Waals surface area contributed by atoms with Gasteiger partial charge in [-0.05, 0) is 37.2 Å². The standard InChI is InChI=1S/C11H18N2O2/c1-15-11-4-3-9(7-10(11)14)8-13-6-2-5-12/h3-4,7,13-14H,2,5-6,8,12H2,1H3. The average Bonchev–Trinajstić information content (AvgIpc) is 2.25. The number of benzene rings is 1. The van der Waals surface area contributed by atoms with Crippen LogP contribution in [0.5, 0.6) is 11.5 Å². The summed E-state index contributed by atoms with van der Waals surface area (Å²) in [5.74, 6) is 0.677. The Morgan fingerprint density at radius 2 is 2.27 bits per heavy atom. The van der Waals surface area contributed by atoms with Crippen molar-refractivity contribution in [3.63, 3.8) is 0 Å². The molecule has 1 aromatic rings. The third kappa shape index (κ3) is 3.77. The van der Waals surface area contributed by atoms with Crippen LogP contribution in [0, 0.1) is 0 Å². The summed E-state index contributed by atoms with van der Waals surface area (Å²) in [6.07, 6.45) is 0.960. The minimum Gasteiger partial charge on any atom is -0.504 e. The van der Waals surface area contributed by atoms with Crippen LogP contribution in [0.2, 0.25) is 0 Å². The maximum Gasteiger partial charge on any atom is 0.160 e. The van der Waals surface area contributed by atoms with E-state index in [0.717, 1.165) is 25.1 Å². The fourth-order valence-corrected chi connectivity index (χ4v) is 1.31. The lowest BCUT2D eigenvalue weighted by Gasteiger charge is -2.07. The molecule has 4 N–H and O–H groups in total. The fraction of sp³-hybridized carbons (Fsp3) is 0.455. The van der Waals surface area contributed by atoms with E-state index in [0.29, 0.717) is 12.3 Å². The van der Waals surface area contributed by atoms with E-state index < -0.39 is 0 Å². The monoisotopic (exact) mass is 210 g/mol. The highest BCUT2D eigenvalue weighted by atomic mass is 16.5. The van der Waals surface area contributed by atoms with Crippen molar-refractivity contribution >= 4 is 0 Å². The molecule has 0 spiro atoms. The molecule has 15 heavy (non-hydrogen) atoms. The molecule has 4 heteroatoms. The zero-order chi connectivity index (χ0) is 11.1. The van der Waals surface area contributed by atoms with Crippen molar-refractivity contribution in [2.75, 3.05) is 20.2 Å². The summed E-state index contributed by atoms with van der Waals surface area (Å²) >= 11 is 0. The smallest absolute Gasteiger partial charge is 0.160 e. The van der Waals surface area contributed by atoms with Gasteiger partial charge in [-0.1, -0.05) is 6.07 Å². The van der Waals surface area contributed by atoms with Crippen LogP contribution in [-0.2, 0) is 6.54 Å². The summed E-state index contributed by atoms with van der Waals surface area (Å²) in [5.41, 5.74) is 6.41. The lowest BCUT2D eigenvalue weighted by molar-refractivity contribution is 0.373. The Bertz CT molecular complexity index is 303. The van der Waals surface area contributed by atoms with Gasteiger partial charge in [-0.15, -0.1) is 0 Å². The topological polar surface area (TPSA) is 67.5 Å². The van der Waals surface area contributed by atoms with Crippen LogP contribution in [0.1, 0.15) is 12.0 Å². The molecule has 1 aromatic carbocycles. The number of ether oxygens (including phenoxy) is 1. The van der Waals surface area contributed by atoms with Crippen LogP contribution in [0.4, 0.5) is 0 Å². The van der Waals surface area contributed by atoms with Crippen molar-refractivity contribution < 1.29 is 9.84 Å². The number of nitrogens with two attached hydrogens (primary N) is 1. The molecule has 0 saturated carbocycles. The molecule has 0 fully saturated rings. The van der Waals surface area contributed by atoms with Crippen LogP contribution in [0.25, 0.3) is 0 Å². The van der Waals surface area contributed by atoms with E-state index in [1.165, 1.54) is 7.11 Å². The zero-order valence-electron chi connectivity index (χ0n) is 8.99. The number of methoxy groups -OCH3 is 1. The molecule has 1 rings (SSSR count). The second kappa shape index (κ2) is 6.27. The van der Waals surface area contributed by atoms with Gasteiger partial charge in [0.25, 0.3) is 0 Å². The molecule has 4 nitrogen and oxygen atoms in total. The summed E-state index contributed by atoms with van der Waals surface area (Å²) in [7, 11) is 1.54. The first-order chi connectivity index (χ1) is 7.27. The van der Waals surface area contributed by atoms with Crippen molar-refractivity contribution in [2.24, 2.45) is 5.73 Å². The molecule has 0 aromatic heterocycles. The lowest BCUT2D eigenvalue weighted by Crippen LogP contribution is -2.17. The summed E-state index contributed by atoms with van der Waals surface area (Å²) in [6, 6.07) is 5.39. The highest BCUT2D eigenvalue weighted by Crippen LogP contribution is 2.25. The van der Waals surface area contributed by atoms with Gasteiger partial charge in [0, 0.05) is 6.54 Å². The Kier molecular flexibility index (Phi) is 4.93. The van der Waals surface area contributed by atoms with Gasteiger partial charge in [-0.25, -0.2) is 0 Å². The van der Waals surface area contributed by atoms with E-state index in [-0.39, 0.29) is 5.75 Å². The Morgan fingerprint density at radius 1 is 1.47 bits per heavy atom. The van der Waals surface area contributed by atoms with Crippen LogP contribution in [-0.4, -0.2) is 25.3 Å². The number of rotatable bonds is 6. The number of phenolic OH excluding ortho intramolecular Hbond substituents is 1. The van der Waals surface area contributed by atoms with E-state index in [4.69, 9.17) is 10.5 Å². The molecule has 0 radical (unpaired) electrons. The maximum absolute atomic E-state index is 9.52. The molecule has 0 saturated heterocycles. The number of phenols is 1. The van der Waals surface area contributed by atoms with Gasteiger partial charge >= 0.3 is 0 Å². The van der Waals surface area contributed by atoms with E-state index in [9.17, 15) is 5.11 Å². The maximum atomic E-state index is 9.52. The summed E-state index contributed by atoms with van der Waals surface area (Å²) in [5, 5.41) is 12.8. The molecule has 0 heterocycles. The number of nitrogens with one attached hydrogen (secondary N) is 1. The minimum absolute atomic E-state index is 0.177. The van der Waals surface area contributed by atoms with Crippen LogP contribution in [0.3, 0.4) is 0 Å². The average molecular weight is 210 g/mol. The third-order valence-corrected chi connectivity index (χ3v) is 2.13. The predicted molar refractivity (Wildman–Crippen MR) is 60.0 cm³/mol. The largest absolute Gasteiger partial charge is 0.504 e. The fourth-order valence-electron chi connectivity index (χ4n) is 1.31. The SMILES string of the molecule is COc1ccc(CNCCCN)cc1O. The first-order valence-electron chi connectivity index (χ1n) is 5.04. The Hall–Kier alpha value is -1.26. The highest BCUT2D eigenvalue weighted by Gasteiger charge is 2.01. The first kappa shape index (κ1) is 11.8. The molecule has 0 amide bonds. The van der Waals surface area contributed by atoms with E-state index in [1.54, 1.807) is 12.1 Å².